The molecule has 27 heavy (non-hydrogen) atoms. The van der Waals surface area contributed by atoms with Crippen LogP contribution >= 0.6 is 0 Å². The van der Waals surface area contributed by atoms with Crippen molar-refractivity contribution in [2.45, 2.75) is 25.9 Å². The van der Waals surface area contributed by atoms with E-state index in [1.54, 1.807) is 26.2 Å². The fraction of sp³-hybridized carbons (Fsp3) is 0.381. The van der Waals surface area contributed by atoms with Crippen LogP contribution in [0.25, 0.3) is 0 Å². The normalized spacial score (nSPS) is 15.3. The maximum Gasteiger partial charge on any atom is 0.317 e. The van der Waals surface area contributed by atoms with Gasteiger partial charge in [0.25, 0.3) is 0 Å². The van der Waals surface area contributed by atoms with Gasteiger partial charge < -0.3 is 24.4 Å². The summed E-state index contributed by atoms with van der Waals surface area (Å²) < 4.78 is 16.4. The second kappa shape index (κ2) is 8.20. The van der Waals surface area contributed by atoms with Gasteiger partial charge in [-0.05, 0) is 48.2 Å². The largest absolute Gasteiger partial charge is 0.493 e. The number of benzene rings is 2. The Morgan fingerprint density at radius 2 is 1.93 bits per heavy atom. The van der Waals surface area contributed by atoms with Crippen LogP contribution < -0.4 is 19.5 Å². The SMILES string of the molecule is COc1cc(C)c(CN(C)C(=O)NC2COc3ccccc3C2)cc1OC. The summed E-state index contributed by atoms with van der Waals surface area (Å²) in [5.41, 5.74) is 3.17. The Kier molecular flexibility index (Phi) is 5.74. The molecule has 2 aromatic carbocycles. The molecule has 6 nitrogen and oxygen atoms in total. The first-order chi connectivity index (χ1) is 13.0. The molecule has 1 N–H and O–H groups in total. The maximum absolute atomic E-state index is 12.6. The Bertz CT molecular complexity index is 822. The van der Waals surface area contributed by atoms with Crippen LogP contribution in [0, 0.1) is 6.92 Å². The number of ether oxygens (including phenoxy) is 3. The topological polar surface area (TPSA) is 60.0 Å². The highest BCUT2D eigenvalue weighted by Gasteiger charge is 2.22. The van der Waals surface area contributed by atoms with Gasteiger partial charge in [0.05, 0.1) is 20.3 Å². The van der Waals surface area contributed by atoms with Gasteiger partial charge in [0.2, 0.25) is 0 Å². The van der Waals surface area contributed by atoms with E-state index >= 15 is 0 Å². The zero-order valence-corrected chi connectivity index (χ0v) is 16.2. The summed E-state index contributed by atoms with van der Waals surface area (Å²) in [5, 5.41) is 3.06. The number of urea groups is 1. The van der Waals surface area contributed by atoms with Crippen LogP contribution in [0.1, 0.15) is 16.7 Å². The van der Waals surface area contributed by atoms with Crippen LogP contribution in [0.3, 0.4) is 0 Å². The average Bonchev–Trinajstić information content (AvgIpc) is 2.68. The van der Waals surface area contributed by atoms with Crippen LogP contribution in [0.5, 0.6) is 17.2 Å². The minimum absolute atomic E-state index is 0.0404. The van der Waals surface area contributed by atoms with Crippen LogP contribution in [0.2, 0.25) is 0 Å². The zero-order chi connectivity index (χ0) is 19.4. The molecule has 1 aliphatic rings. The van der Waals surface area contributed by atoms with E-state index in [1.165, 1.54) is 0 Å². The molecule has 0 saturated heterocycles. The molecule has 0 aromatic heterocycles. The van der Waals surface area contributed by atoms with Crippen molar-refractivity contribution in [2.75, 3.05) is 27.9 Å². The highest BCUT2D eigenvalue weighted by molar-refractivity contribution is 5.74. The second-order valence-corrected chi connectivity index (χ2v) is 6.76. The summed E-state index contributed by atoms with van der Waals surface area (Å²) in [6.07, 6.45) is 0.769. The van der Waals surface area contributed by atoms with Crippen LogP contribution in [-0.4, -0.2) is 44.8 Å². The second-order valence-electron chi connectivity index (χ2n) is 6.76. The van der Waals surface area contributed by atoms with Crippen LogP contribution in [0.15, 0.2) is 36.4 Å². The smallest absolute Gasteiger partial charge is 0.317 e. The quantitative estimate of drug-likeness (QED) is 0.878. The molecule has 6 heteroatoms. The summed E-state index contributed by atoms with van der Waals surface area (Å²) in [5.74, 6) is 2.24. The number of rotatable bonds is 5. The lowest BCUT2D eigenvalue weighted by Crippen LogP contribution is -2.47. The van der Waals surface area contributed by atoms with Crippen molar-refractivity contribution in [2.24, 2.45) is 0 Å². The molecular formula is C21H26N2O4. The van der Waals surface area contributed by atoms with Crippen molar-refractivity contribution < 1.29 is 19.0 Å². The molecule has 0 saturated carbocycles. The van der Waals surface area contributed by atoms with Crippen molar-refractivity contribution >= 4 is 6.03 Å². The number of carbonyl (C=O) groups excluding carboxylic acids is 1. The monoisotopic (exact) mass is 370 g/mol. The molecule has 0 fully saturated rings. The van der Waals surface area contributed by atoms with Gasteiger partial charge in [-0.25, -0.2) is 4.79 Å². The molecule has 1 atom stereocenters. The van der Waals surface area contributed by atoms with Gasteiger partial charge in [0.15, 0.2) is 11.5 Å². The van der Waals surface area contributed by atoms with Gasteiger partial charge in [-0.3, -0.25) is 0 Å². The van der Waals surface area contributed by atoms with Crippen LogP contribution in [-0.2, 0) is 13.0 Å². The number of nitrogens with one attached hydrogen (secondary N) is 1. The minimum Gasteiger partial charge on any atom is -0.493 e. The summed E-state index contributed by atoms with van der Waals surface area (Å²) >= 11 is 0. The standard InChI is InChI=1S/C21H26N2O4/c1-14-9-19(25-3)20(26-4)11-16(14)12-23(2)21(24)22-17-10-15-7-5-6-8-18(15)27-13-17/h5-9,11,17H,10,12-13H2,1-4H3,(H,22,24). The van der Waals surface area contributed by atoms with E-state index < -0.39 is 0 Å². The van der Waals surface area contributed by atoms with Gasteiger partial charge in [0, 0.05) is 13.6 Å². The number of hydrogen-bond donors (Lipinski definition) is 1. The first-order valence-electron chi connectivity index (χ1n) is 8.95. The Morgan fingerprint density at radius 1 is 1.22 bits per heavy atom. The third-order valence-corrected chi connectivity index (χ3v) is 4.80. The van der Waals surface area contributed by atoms with E-state index in [2.05, 4.69) is 5.32 Å². The zero-order valence-electron chi connectivity index (χ0n) is 16.2. The molecule has 2 amide bonds. The molecule has 1 unspecified atom stereocenters. The third-order valence-electron chi connectivity index (χ3n) is 4.80. The van der Waals surface area contributed by atoms with Gasteiger partial charge in [0.1, 0.15) is 12.4 Å². The molecule has 0 aliphatic carbocycles. The average molecular weight is 370 g/mol. The lowest BCUT2D eigenvalue weighted by molar-refractivity contribution is 0.187. The van der Waals surface area contributed by atoms with Crippen molar-refractivity contribution in [3.05, 3.63) is 53.1 Å². The van der Waals surface area contributed by atoms with E-state index in [1.807, 2.05) is 43.3 Å². The fourth-order valence-electron chi connectivity index (χ4n) is 3.23. The number of nitrogens with zero attached hydrogens (tertiary/aromatic N) is 1. The molecule has 0 spiro atoms. The minimum atomic E-state index is -0.128. The van der Waals surface area contributed by atoms with E-state index in [4.69, 9.17) is 14.2 Å². The lowest BCUT2D eigenvalue weighted by Gasteiger charge is -2.28. The molecular weight excluding hydrogens is 344 g/mol. The number of hydrogen-bond acceptors (Lipinski definition) is 4. The van der Waals surface area contributed by atoms with E-state index in [0.29, 0.717) is 24.7 Å². The number of carbonyl (C=O) groups is 1. The number of fused-ring (bicyclic) bond motifs is 1. The molecule has 2 aromatic rings. The number of aryl methyl sites for hydroxylation is 1. The number of para-hydroxylation sites is 1. The molecule has 144 valence electrons. The van der Waals surface area contributed by atoms with Gasteiger partial charge in [-0.1, -0.05) is 18.2 Å². The molecule has 3 rings (SSSR count). The highest BCUT2D eigenvalue weighted by atomic mass is 16.5. The highest BCUT2D eigenvalue weighted by Crippen LogP contribution is 2.30. The van der Waals surface area contributed by atoms with Gasteiger partial charge >= 0.3 is 6.03 Å². The summed E-state index contributed by atoms with van der Waals surface area (Å²) in [7, 11) is 5.00. The van der Waals surface area contributed by atoms with Gasteiger partial charge in [-0.15, -0.1) is 0 Å². The maximum atomic E-state index is 12.6. The molecule has 1 aliphatic heterocycles. The fourth-order valence-corrected chi connectivity index (χ4v) is 3.23. The van der Waals surface area contributed by atoms with Crippen molar-refractivity contribution in [1.82, 2.24) is 10.2 Å². The predicted octanol–water partition coefficient (Wildman–Crippen LogP) is 3.16. The summed E-state index contributed by atoms with van der Waals surface area (Å²) in [6.45, 7) is 2.95. The Hall–Kier alpha value is -2.89. The number of amides is 2. The van der Waals surface area contributed by atoms with E-state index in [0.717, 1.165) is 28.9 Å². The van der Waals surface area contributed by atoms with E-state index in [-0.39, 0.29) is 12.1 Å². The molecule has 0 bridgehead atoms. The molecule has 0 radical (unpaired) electrons. The summed E-state index contributed by atoms with van der Waals surface area (Å²) in [6, 6.07) is 11.6. The van der Waals surface area contributed by atoms with Crippen molar-refractivity contribution in [3.63, 3.8) is 0 Å². The predicted molar refractivity (Wildman–Crippen MR) is 104 cm³/mol. The Morgan fingerprint density at radius 3 is 2.67 bits per heavy atom. The number of methoxy groups -OCH3 is 2. The van der Waals surface area contributed by atoms with Crippen molar-refractivity contribution in [1.29, 1.82) is 0 Å². The first-order valence-corrected chi connectivity index (χ1v) is 8.95. The van der Waals surface area contributed by atoms with Crippen molar-refractivity contribution in [3.8, 4) is 17.2 Å². The Balaban J connectivity index is 1.63. The van der Waals surface area contributed by atoms with Gasteiger partial charge in [-0.2, -0.15) is 0 Å². The van der Waals surface area contributed by atoms with Crippen LogP contribution in [0.4, 0.5) is 4.79 Å². The Labute approximate surface area is 160 Å². The summed E-state index contributed by atoms with van der Waals surface area (Å²) in [4.78, 5) is 14.3. The van der Waals surface area contributed by atoms with E-state index in [9.17, 15) is 4.79 Å². The molecule has 1 heterocycles. The lowest BCUT2D eigenvalue weighted by atomic mass is 10.0. The third kappa shape index (κ3) is 4.27. The first kappa shape index (κ1) is 18.9.